The van der Waals surface area contributed by atoms with Crippen molar-refractivity contribution in [3.8, 4) is 5.69 Å². The van der Waals surface area contributed by atoms with Crippen LogP contribution in [0, 0.1) is 5.82 Å². The van der Waals surface area contributed by atoms with E-state index in [1.54, 1.807) is 6.07 Å². The van der Waals surface area contributed by atoms with Crippen LogP contribution in [0.3, 0.4) is 0 Å². The molecule has 0 N–H and O–H groups in total. The van der Waals surface area contributed by atoms with Crippen molar-refractivity contribution in [1.29, 1.82) is 0 Å². The second kappa shape index (κ2) is 3.10. The van der Waals surface area contributed by atoms with Crippen LogP contribution in [0.1, 0.15) is 0 Å². The van der Waals surface area contributed by atoms with E-state index >= 15 is 0 Å². The van der Waals surface area contributed by atoms with E-state index < -0.39 is 5.82 Å². The van der Waals surface area contributed by atoms with Crippen molar-refractivity contribution in [3.63, 3.8) is 0 Å². The van der Waals surface area contributed by atoms with Crippen molar-refractivity contribution in [2.75, 3.05) is 0 Å². The molecule has 1 heterocycles. The summed E-state index contributed by atoms with van der Waals surface area (Å²) < 4.78 is 14.3. The molecule has 0 saturated carbocycles. The van der Waals surface area contributed by atoms with Crippen LogP contribution in [0.15, 0.2) is 24.5 Å². The highest BCUT2D eigenvalue weighted by Crippen LogP contribution is 2.16. The Morgan fingerprint density at radius 1 is 1.38 bits per heavy atom. The average molecular weight is 199 g/mol. The Labute approximate surface area is 77.9 Å². The van der Waals surface area contributed by atoms with E-state index in [4.69, 9.17) is 11.6 Å². The smallest absolute Gasteiger partial charge is 0.143 e. The van der Waals surface area contributed by atoms with Crippen LogP contribution >= 0.6 is 11.6 Å². The molecule has 2 rings (SSSR count). The van der Waals surface area contributed by atoms with Gasteiger partial charge in [0.25, 0.3) is 0 Å². The highest BCUT2D eigenvalue weighted by atomic mass is 35.5. The fourth-order valence-electron chi connectivity index (χ4n) is 0.907. The van der Waals surface area contributed by atoms with Gasteiger partial charge in [-0.15, -0.1) is 5.10 Å². The zero-order valence-corrected chi connectivity index (χ0v) is 7.11. The summed E-state index contributed by atoms with van der Waals surface area (Å²) in [5, 5.41) is 10.5. The van der Waals surface area contributed by atoms with E-state index in [0.717, 1.165) is 0 Å². The first kappa shape index (κ1) is 8.12. The molecule has 0 aliphatic rings. The third kappa shape index (κ3) is 1.50. The molecule has 0 amide bonds. The number of tetrazole rings is 1. The Kier molecular flexibility index (Phi) is 1.94. The van der Waals surface area contributed by atoms with Gasteiger partial charge in [0.15, 0.2) is 0 Å². The van der Waals surface area contributed by atoms with Crippen LogP contribution in [0.4, 0.5) is 4.39 Å². The second-order valence-corrected chi connectivity index (χ2v) is 2.76. The highest BCUT2D eigenvalue weighted by Gasteiger charge is 2.02. The third-order valence-corrected chi connectivity index (χ3v) is 1.82. The normalized spacial score (nSPS) is 10.3. The average Bonchev–Trinajstić information content (AvgIpc) is 2.62. The Hall–Kier alpha value is -1.49. The highest BCUT2D eigenvalue weighted by molar-refractivity contribution is 6.30. The molecule has 0 spiro atoms. The molecule has 0 radical (unpaired) electrons. The van der Waals surface area contributed by atoms with Crippen LogP contribution in [0.5, 0.6) is 0 Å². The molecule has 1 aromatic carbocycles. The van der Waals surface area contributed by atoms with Gasteiger partial charge in [0.1, 0.15) is 12.1 Å². The number of aromatic nitrogens is 4. The number of benzene rings is 1. The zero-order chi connectivity index (χ0) is 9.26. The fraction of sp³-hybridized carbons (Fsp3) is 0. The van der Waals surface area contributed by atoms with Gasteiger partial charge >= 0.3 is 0 Å². The van der Waals surface area contributed by atoms with Crippen molar-refractivity contribution < 1.29 is 4.39 Å². The first-order valence-electron chi connectivity index (χ1n) is 3.46. The topological polar surface area (TPSA) is 43.6 Å². The molecular weight excluding hydrogens is 195 g/mol. The zero-order valence-electron chi connectivity index (χ0n) is 6.35. The summed E-state index contributed by atoms with van der Waals surface area (Å²) in [6.07, 6.45) is 1.38. The molecule has 1 aromatic heterocycles. The summed E-state index contributed by atoms with van der Waals surface area (Å²) in [7, 11) is 0. The van der Waals surface area contributed by atoms with Gasteiger partial charge in [-0.05, 0) is 22.6 Å². The minimum absolute atomic E-state index is 0.0804. The molecule has 0 saturated heterocycles. The Bertz CT molecular complexity index is 414. The molecule has 13 heavy (non-hydrogen) atoms. The number of hydrogen-bond donors (Lipinski definition) is 0. The monoisotopic (exact) mass is 198 g/mol. The molecule has 2 aromatic rings. The number of nitrogens with zero attached hydrogens (tertiary/aromatic N) is 4. The first-order valence-corrected chi connectivity index (χ1v) is 3.83. The summed E-state index contributed by atoms with van der Waals surface area (Å²) in [6.45, 7) is 0. The lowest BCUT2D eigenvalue weighted by atomic mass is 10.3. The molecule has 0 aliphatic carbocycles. The minimum atomic E-state index is -0.491. The SMILES string of the molecule is Fc1cc(-n2cnnn2)ccc1Cl. The summed E-state index contributed by atoms with van der Waals surface area (Å²) in [5.74, 6) is -0.491. The van der Waals surface area contributed by atoms with E-state index in [1.165, 1.54) is 23.1 Å². The van der Waals surface area contributed by atoms with Crippen molar-refractivity contribution in [2.24, 2.45) is 0 Å². The predicted octanol–water partition coefficient (Wildman–Crippen LogP) is 1.45. The van der Waals surface area contributed by atoms with Crippen molar-refractivity contribution in [2.45, 2.75) is 0 Å². The lowest BCUT2D eigenvalue weighted by Gasteiger charge is -1.99. The summed E-state index contributed by atoms with van der Waals surface area (Å²) >= 11 is 5.51. The van der Waals surface area contributed by atoms with Gasteiger partial charge in [0, 0.05) is 6.07 Å². The summed E-state index contributed by atoms with van der Waals surface area (Å²) in [4.78, 5) is 0. The Balaban J connectivity index is 2.49. The van der Waals surface area contributed by atoms with Gasteiger partial charge in [0.05, 0.1) is 10.7 Å². The molecule has 66 valence electrons. The molecule has 0 bridgehead atoms. The van der Waals surface area contributed by atoms with Gasteiger partial charge in [-0.25, -0.2) is 9.07 Å². The number of rotatable bonds is 1. The maximum absolute atomic E-state index is 13.0. The largest absolute Gasteiger partial charge is 0.205 e. The van der Waals surface area contributed by atoms with E-state index in [2.05, 4.69) is 15.5 Å². The Morgan fingerprint density at radius 2 is 2.23 bits per heavy atom. The predicted molar refractivity (Wildman–Crippen MR) is 44.1 cm³/mol. The molecule has 4 nitrogen and oxygen atoms in total. The van der Waals surface area contributed by atoms with Gasteiger partial charge in [-0.2, -0.15) is 0 Å². The van der Waals surface area contributed by atoms with Crippen molar-refractivity contribution in [1.82, 2.24) is 20.2 Å². The van der Waals surface area contributed by atoms with Crippen LogP contribution < -0.4 is 0 Å². The van der Waals surface area contributed by atoms with Crippen LogP contribution in [0.2, 0.25) is 5.02 Å². The fourth-order valence-corrected chi connectivity index (χ4v) is 1.02. The molecular formula is C7H4ClFN4. The van der Waals surface area contributed by atoms with E-state index in [1.807, 2.05) is 0 Å². The minimum Gasteiger partial charge on any atom is -0.205 e. The van der Waals surface area contributed by atoms with Gasteiger partial charge in [-0.3, -0.25) is 0 Å². The molecule has 0 atom stereocenters. The van der Waals surface area contributed by atoms with E-state index in [-0.39, 0.29) is 5.02 Å². The second-order valence-electron chi connectivity index (χ2n) is 2.35. The molecule has 0 unspecified atom stereocenters. The molecule has 6 heteroatoms. The third-order valence-electron chi connectivity index (χ3n) is 1.52. The summed E-state index contributed by atoms with van der Waals surface area (Å²) in [5.41, 5.74) is 0.534. The molecule has 0 aliphatic heterocycles. The van der Waals surface area contributed by atoms with Gasteiger partial charge < -0.3 is 0 Å². The first-order chi connectivity index (χ1) is 6.27. The molecule has 0 fully saturated rings. The van der Waals surface area contributed by atoms with Gasteiger partial charge in [-0.1, -0.05) is 11.6 Å². The van der Waals surface area contributed by atoms with Crippen LogP contribution in [-0.2, 0) is 0 Å². The Morgan fingerprint density at radius 3 is 2.85 bits per heavy atom. The maximum atomic E-state index is 13.0. The lowest BCUT2D eigenvalue weighted by molar-refractivity contribution is 0.625. The lowest BCUT2D eigenvalue weighted by Crippen LogP contribution is -1.95. The quantitative estimate of drug-likeness (QED) is 0.697. The van der Waals surface area contributed by atoms with Crippen molar-refractivity contribution in [3.05, 3.63) is 35.4 Å². The van der Waals surface area contributed by atoms with Gasteiger partial charge in [0.2, 0.25) is 0 Å². The maximum Gasteiger partial charge on any atom is 0.143 e. The standard InChI is InChI=1S/C7H4ClFN4/c8-6-2-1-5(3-7(6)9)13-4-10-11-12-13/h1-4H. The summed E-state index contributed by atoms with van der Waals surface area (Å²) in [6, 6.07) is 4.34. The number of hydrogen-bond acceptors (Lipinski definition) is 3. The van der Waals surface area contributed by atoms with Crippen LogP contribution in [0.25, 0.3) is 5.69 Å². The van der Waals surface area contributed by atoms with Crippen molar-refractivity contribution >= 4 is 11.6 Å². The van der Waals surface area contributed by atoms with E-state index in [0.29, 0.717) is 5.69 Å². The van der Waals surface area contributed by atoms with E-state index in [9.17, 15) is 4.39 Å². The number of halogens is 2. The van der Waals surface area contributed by atoms with Crippen LogP contribution in [-0.4, -0.2) is 20.2 Å².